The number of likely N-dealkylation sites (N-methyl/N-ethyl adjacent to an activating group) is 1. The van der Waals surface area contributed by atoms with Crippen LogP contribution in [0.15, 0.2) is 54.0 Å². The van der Waals surface area contributed by atoms with E-state index in [2.05, 4.69) is 33.2 Å². The first-order chi connectivity index (χ1) is 17.5. The Morgan fingerprint density at radius 2 is 1.97 bits per heavy atom. The lowest BCUT2D eigenvalue weighted by atomic mass is 9.92. The summed E-state index contributed by atoms with van der Waals surface area (Å²) < 4.78 is 3.42. The summed E-state index contributed by atoms with van der Waals surface area (Å²) in [5, 5.41) is 15.4. The summed E-state index contributed by atoms with van der Waals surface area (Å²) in [7, 11) is 3.93. The zero-order valence-electron chi connectivity index (χ0n) is 20.6. The van der Waals surface area contributed by atoms with Gasteiger partial charge in [-0.15, -0.1) is 0 Å². The number of aromatic nitrogens is 5. The third-order valence-corrected chi connectivity index (χ3v) is 7.49. The molecule has 1 fully saturated rings. The van der Waals surface area contributed by atoms with Crippen LogP contribution >= 0.6 is 0 Å². The molecule has 1 saturated carbocycles. The molecule has 1 aliphatic carbocycles. The van der Waals surface area contributed by atoms with E-state index in [0.29, 0.717) is 11.8 Å². The first kappa shape index (κ1) is 22.7. The van der Waals surface area contributed by atoms with Gasteiger partial charge in [-0.2, -0.15) is 5.10 Å². The quantitative estimate of drug-likeness (QED) is 0.477. The van der Waals surface area contributed by atoms with Crippen molar-refractivity contribution in [2.45, 2.75) is 44.2 Å². The molecule has 0 spiro atoms. The fourth-order valence-electron chi connectivity index (χ4n) is 5.60. The maximum absolute atomic E-state index is 13.7. The molecule has 2 aliphatic rings. The van der Waals surface area contributed by atoms with Gasteiger partial charge in [-0.1, -0.05) is 31.1 Å². The summed E-state index contributed by atoms with van der Waals surface area (Å²) in [6.07, 6.45) is 15.2. The van der Waals surface area contributed by atoms with Crippen molar-refractivity contribution in [1.29, 1.82) is 0 Å². The zero-order chi connectivity index (χ0) is 24.8. The molecule has 184 valence electrons. The standard InChI is InChI=1S/C28H30N6O2/c1-32-11-5-6-21-19(12-18-9-10-23(29-14-18)20-15-31-33(2)16-20)13-22-26(27(21)32)30-17-34(28(22)36)24-7-3-4-8-25(24)35/h5-6,9-10,13-17,24-25,35H,3-4,7-8,11-12H2,1-2H3. The Labute approximate surface area is 209 Å². The molecule has 3 aromatic heterocycles. The molecular weight excluding hydrogens is 452 g/mol. The lowest BCUT2D eigenvalue weighted by Gasteiger charge is -2.30. The smallest absolute Gasteiger partial charge is 0.261 e. The number of hydrogen-bond acceptors (Lipinski definition) is 6. The van der Waals surface area contributed by atoms with Gasteiger partial charge in [0.1, 0.15) is 5.52 Å². The molecular formula is C28H30N6O2. The molecule has 4 aromatic rings. The SMILES string of the molecule is CN1CC=Cc2c(Cc3ccc(-c4cnn(C)c4)nc3)cc3c(=O)n(C4CCCCC4O)cnc3c21. The number of benzene rings is 1. The van der Waals surface area contributed by atoms with E-state index in [9.17, 15) is 9.90 Å². The molecule has 0 radical (unpaired) electrons. The maximum atomic E-state index is 13.7. The first-order valence-electron chi connectivity index (χ1n) is 12.6. The third kappa shape index (κ3) is 3.91. The van der Waals surface area contributed by atoms with Gasteiger partial charge in [0, 0.05) is 44.2 Å². The highest BCUT2D eigenvalue weighted by Crippen LogP contribution is 2.36. The summed E-state index contributed by atoms with van der Waals surface area (Å²) in [4.78, 5) is 25.3. The van der Waals surface area contributed by atoms with Gasteiger partial charge in [0.05, 0.1) is 41.4 Å². The molecule has 36 heavy (non-hydrogen) atoms. The van der Waals surface area contributed by atoms with E-state index in [1.807, 2.05) is 44.8 Å². The molecule has 0 saturated heterocycles. The monoisotopic (exact) mass is 482 g/mol. The predicted molar refractivity (Wildman–Crippen MR) is 141 cm³/mol. The predicted octanol–water partition coefficient (Wildman–Crippen LogP) is 3.72. The lowest BCUT2D eigenvalue weighted by Crippen LogP contribution is -2.35. The molecule has 6 rings (SSSR count). The Hall–Kier alpha value is -3.78. The molecule has 0 amide bonds. The average molecular weight is 483 g/mol. The minimum atomic E-state index is -0.511. The number of aliphatic hydroxyl groups excluding tert-OH is 1. The second-order valence-electron chi connectivity index (χ2n) is 9.98. The van der Waals surface area contributed by atoms with Gasteiger partial charge in [-0.3, -0.25) is 19.0 Å². The van der Waals surface area contributed by atoms with Crippen molar-refractivity contribution in [3.63, 3.8) is 0 Å². The first-order valence-corrected chi connectivity index (χ1v) is 12.6. The second kappa shape index (κ2) is 9.02. The number of anilines is 1. The van der Waals surface area contributed by atoms with Gasteiger partial charge in [0.15, 0.2) is 0 Å². The Morgan fingerprint density at radius 3 is 2.72 bits per heavy atom. The van der Waals surface area contributed by atoms with E-state index in [1.165, 1.54) is 0 Å². The van der Waals surface area contributed by atoms with Crippen molar-refractivity contribution in [1.82, 2.24) is 24.3 Å². The number of nitrogens with zero attached hydrogens (tertiary/aromatic N) is 6. The van der Waals surface area contributed by atoms with Crippen molar-refractivity contribution < 1.29 is 5.11 Å². The van der Waals surface area contributed by atoms with Gasteiger partial charge < -0.3 is 10.0 Å². The van der Waals surface area contributed by atoms with Crippen molar-refractivity contribution in [2.75, 3.05) is 18.5 Å². The topological polar surface area (TPSA) is 89.1 Å². The number of aryl methyl sites for hydroxylation is 1. The van der Waals surface area contributed by atoms with Crippen LogP contribution in [0.3, 0.4) is 0 Å². The minimum Gasteiger partial charge on any atom is -0.391 e. The number of fused-ring (bicyclic) bond motifs is 3. The van der Waals surface area contributed by atoms with Gasteiger partial charge >= 0.3 is 0 Å². The van der Waals surface area contributed by atoms with Crippen LogP contribution in [0.5, 0.6) is 0 Å². The summed E-state index contributed by atoms with van der Waals surface area (Å²) in [6, 6.07) is 5.88. The van der Waals surface area contributed by atoms with Crippen LogP contribution < -0.4 is 10.5 Å². The molecule has 1 N–H and O–H groups in total. The molecule has 0 bridgehead atoms. The van der Waals surface area contributed by atoms with Crippen LogP contribution in [0.4, 0.5) is 5.69 Å². The van der Waals surface area contributed by atoms with E-state index in [4.69, 9.17) is 4.98 Å². The van der Waals surface area contributed by atoms with Crippen LogP contribution in [-0.4, -0.2) is 49.1 Å². The summed E-state index contributed by atoms with van der Waals surface area (Å²) in [5.41, 5.74) is 6.71. The molecule has 8 nitrogen and oxygen atoms in total. The molecule has 4 heterocycles. The van der Waals surface area contributed by atoms with Crippen molar-refractivity contribution in [3.8, 4) is 11.3 Å². The summed E-state index contributed by atoms with van der Waals surface area (Å²) in [6.45, 7) is 0.763. The second-order valence-corrected chi connectivity index (χ2v) is 9.98. The van der Waals surface area contributed by atoms with E-state index in [0.717, 1.165) is 71.4 Å². The Bertz CT molecular complexity index is 1520. The summed E-state index contributed by atoms with van der Waals surface area (Å²) in [5.74, 6) is 0. The normalized spacial score (nSPS) is 19.6. The Morgan fingerprint density at radius 1 is 1.11 bits per heavy atom. The average Bonchev–Trinajstić information content (AvgIpc) is 3.32. The van der Waals surface area contributed by atoms with E-state index >= 15 is 0 Å². The van der Waals surface area contributed by atoms with Crippen molar-refractivity contribution in [3.05, 3.63) is 76.2 Å². The molecule has 1 aromatic carbocycles. The van der Waals surface area contributed by atoms with Crippen LogP contribution in [-0.2, 0) is 13.5 Å². The number of pyridine rings is 1. The summed E-state index contributed by atoms with van der Waals surface area (Å²) >= 11 is 0. The number of hydrogen-bond donors (Lipinski definition) is 1. The fourth-order valence-corrected chi connectivity index (χ4v) is 5.60. The van der Waals surface area contributed by atoms with E-state index in [-0.39, 0.29) is 11.6 Å². The van der Waals surface area contributed by atoms with Crippen LogP contribution in [0.25, 0.3) is 28.2 Å². The highest BCUT2D eigenvalue weighted by atomic mass is 16.3. The van der Waals surface area contributed by atoms with Gasteiger partial charge in [-0.25, -0.2) is 4.98 Å². The van der Waals surface area contributed by atoms with Gasteiger partial charge in [0.2, 0.25) is 0 Å². The third-order valence-electron chi connectivity index (χ3n) is 7.49. The lowest BCUT2D eigenvalue weighted by molar-refractivity contribution is 0.0735. The number of rotatable bonds is 4. The number of aliphatic hydroxyl groups is 1. The van der Waals surface area contributed by atoms with Crippen LogP contribution in [0, 0.1) is 0 Å². The highest BCUT2D eigenvalue weighted by Gasteiger charge is 2.27. The molecule has 1 aliphatic heterocycles. The highest BCUT2D eigenvalue weighted by molar-refractivity contribution is 5.97. The van der Waals surface area contributed by atoms with Crippen LogP contribution in [0.2, 0.25) is 0 Å². The maximum Gasteiger partial charge on any atom is 0.261 e. The van der Waals surface area contributed by atoms with Crippen molar-refractivity contribution >= 4 is 22.7 Å². The fraction of sp³-hybridized carbons (Fsp3) is 0.357. The van der Waals surface area contributed by atoms with Crippen molar-refractivity contribution in [2.24, 2.45) is 7.05 Å². The Balaban J connectivity index is 1.44. The van der Waals surface area contributed by atoms with E-state index in [1.54, 1.807) is 15.6 Å². The van der Waals surface area contributed by atoms with E-state index < -0.39 is 6.10 Å². The minimum absolute atomic E-state index is 0.0806. The molecule has 2 unspecified atom stereocenters. The van der Waals surface area contributed by atoms with Gasteiger partial charge in [-0.05, 0) is 42.5 Å². The van der Waals surface area contributed by atoms with Gasteiger partial charge in [0.25, 0.3) is 5.56 Å². The zero-order valence-corrected chi connectivity index (χ0v) is 20.6. The molecule has 8 heteroatoms. The largest absolute Gasteiger partial charge is 0.391 e. The van der Waals surface area contributed by atoms with Crippen LogP contribution in [0.1, 0.15) is 48.4 Å². The Kier molecular flexibility index (Phi) is 5.68. The molecule has 2 atom stereocenters.